The Bertz CT molecular complexity index is 1080. The number of nitrogens with zero attached hydrogens (tertiary/aromatic N) is 2. The van der Waals surface area contributed by atoms with Crippen molar-refractivity contribution in [1.29, 1.82) is 0 Å². The summed E-state index contributed by atoms with van der Waals surface area (Å²) in [5.41, 5.74) is 3.55. The van der Waals surface area contributed by atoms with E-state index < -0.39 is 0 Å². The molecular formula is C26H31N3O4. The van der Waals surface area contributed by atoms with Gasteiger partial charge in [0.1, 0.15) is 12.4 Å². The number of hydrogen-bond acceptors (Lipinski definition) is 6. The van der Waals surface area contributed by atoms with Gasteiger partial charge in [-0.2, -0.15) is 0 Å². The largest absolute Gasteiger partial charge is 0.493 e. The second-order valence-electron chi connectivity index (χ2n) is 8.50. The molecule has 1 aliphatic heterocycles. The van der Waals surface area contributed by atoms with Gasteiger partial charge in [0.2, 0.25) is 0 Å². The minimum Gasteiger partial charge on any atom is -0.493 e. The standard InChI is InChI=1S/C26H31N3O4/c1-17-23(19(3)33-28-17)16-32-24-11-10-21(14-25(24)31-4)26(30)27-22-12-13-29(15-22)18(2)20-8-6-5-7-9-20/h5-11,14,18,22H,12-13,15-16H2,1-4H3,(H,27,30). The Morgan fingerprint density at radius 1 is 1.21 bits per heavy atom. The average Bonchev–Trinajstić information content (AvgIpc) is 3.43. The summed E-state index contributed by atoms with van der Waals surface area (Å²) in [7, 11) is 1.57. The van der Waals surface area contributed by atoms with Gasteiger partial charge in [-0.25, -0.2) is 0 Å². The number of methoxy groups -OCH3 is 1. The van der Waals surface area contributed by atoms with Crippen LogP contribution in [-0.2, 0) is 6.61 Å². The third-order valence-corrected chi connectivity index (χ3v) is 6.36. The molecule has 0 aliphatic carbocycles. The Morgan fingerprint density at radius 3 is 2.70 bits per heavy atom. The molecule has 2 atom stereocenters. The Hall–Kier alpha value is -3.32. The SMILES string of the molecule is COc1cc(C(=O)NC2CCN(C(C)c3ccccc3)C2)ccc1OCc1c(C)noc1C. The first-order valence-electron chi connectivity index (χ1n) is 11.3. The van der Waals surface area contributed by atoms with Crippen LogP contribution in [0, 0.1) is 13.8 Å². The predicted octanol–water partition coefficient (Wildman–Crippen LogP) is 4.44. The monoisotopic (exact) mass is 449 g/mol. The molecular weight excluding hydrogens is 418 g/mol. The van der Waals surface area contributed by atoms with Gasteiger partial charge in [-0.1, -0.05) is 35.5 Å². The molecule has 3 aromatic rings. The zero-order valence-electron chi connectivity index (χ0n) is 19.6. The van der Waals surface area contributed by atoms with E-state index in [-0.39, 0.29) is 11.9 Å². The van der Waals surface area contributed by atoms with E-state index in [1.807, 2.05) is 19.9 Å². The van der Waals surface area contributed by atoms with Crippen molar-refractivity contribution in [2.45, 2.75) is 45.9 Å². The van der Waals surface area contributed by atoms with Crippen molar-refractivity contribution in [2.75, 3.05) is 20.2 Å². The second kappa shape index (κ2) is 10.1. The summed E-state index contributed by atoms with van der Waals surface area (Å²) in [6.45, 7) is 8.06. The van der Waals surface area contributed by atoms with Gasteiger partial charge in [-0.05, 0) is 51.0 Å². The number of aromatic nitrogens is 1. The summed E-state index contributed by atoms with van der Waals surface area (Å²) in [6.07, 6.45) is 0.929. The Labute approximate surface area is 194 Å². The summed E-state index contributed by atoms with van der Waals surface area (Å²) in [6, 6.07) is 16.2. The van der Waals surface area contributed by atoms with Crippen molar-refractivity contribution in [3.8, 4) is 11.5 Å². The number of ether oxygens (including phenoxy) is 2. The molecule has 0 saturated carbocycles. The van der Waals surface area contributed by atoms with Gasteiger partial charge < -0.3 is 19.3 Å². The highest BCUT2D eigenvalue weighted by Crippen LogP contribution is 2.30. The lowest BCUT2D eigenvalue weighted by Gasteiger charge is -2.24. The van der Waals surface area contributed by atoms with E-state index in [9.17, 15) is 4.79 Å². The fourth-order valence-electron chi connectivity index (χ4n) is 4.25. The van der Waals surface area contributed by atoms with Gasteiger partial charge in [0.05, 0.1) is 18.4 Å². The molecule has 1 saturated heterocycles. The summed E-state index contributed by atoms with van der Waals surface area (Å²) in [4.78, 5) is 15.3. The van der Waals surface area contributed by atoms with Gasteiger partial charge in [-0.3, -0.25) is 9.69 Å². The van der Waals surface area contributed by atoms with Crippen LogP contribution < -0.4 is 14.8 Å². The maximum Gasteiger partial charge on any atom is 0.251 e. The van der Waals surface area contributed by atoms with Crippen LogP contribution in [0.1, 0.15) is 52.3 Å². The maximum absolute atomic E-state index is 12.9. The topological polar surface area (TPSA) is 76.8 Å². The van der Waals surface area contributed by atoms with E-state index in [0.29, 0.717) is 29.7 Å². The summed E-state index contributed by atoms with van der Waals surface area (Å²) in [5.74, 6) is 1.71. The van der Waals surface area contributed by atoms with E-state index >= 15 is 0 Å². The molecule has 4 rings (SSSR count). The number of hydrogen-bond donors (Lipinski definition) is 1. The zero-order chi connectivity index (χ0) is 23.4. The van der Waals surface area contributed by atoms with Gasteiger partial charge >= 0.3 is 0 Å². The molecule has 7 nitrogen and oxygen atoms in total. The Morgan fingerprint density at radius 2 is 2.00 bits per heavy atom. The molecule has 1 N–H and O–H groups in total. The van der Waals surface area contributed by atoms with Crippen LogP contribution in [0.4, 0.5) is 0 Å². The molecule has 2 heterocycles. The number of nitrogens with one attached hydrogen (secondary N) is 1. The number of benzene rings is 2. The molecule has 0 bridgehead atoms. The normalized spacial score (nSPS) is 17.0. The Kier molecular flexibility index (Phi) is 6.99. The molecule has 7 heteroatoms. The predicted molar refractivity (Wildman–Crippen MR) is 126 cm³/mol. The van der Waals surface area contributed by atoms with Crippen LogP contribution in [0.5, 0.6) is 11.5 Å². The van der Waals surface area contributed by atoms with Gasteiger partial charge in [0.15, 0.2) is 11.5 Å². The minimum atomic E-state index is -0.107. The third kappa shape index (κ3) is 5.20. The summed E-state index contributed by atoms with van der Waals surface area (Å²) < 4.78 is 16.6. The maximum atomic E-state index is 12.9. The summed E-state index contributed by atoms with van der Waals surface area (Å²) >= 11 is 0. The van der Waals surface area contributed by atoms with Gasteiger partial charge in [-0.15, -0.1) is 0 Å². The van der Waals surface area contributed by atoms with Crippen molar-refractivity contribution >= 4 is 5.91 Å². The van der Waals surface area contributed by atoms with Crippen molar-refractivity contribution in [3.05, 3.63) is 76.7 Å². The lowest BCUT2D eigenvalue weighted by molar-refractivity contribution is 0.0936. The van der Waals surface area contributed by atoms with Crippen LogP contribution in [0.25, 0.3) is 0 Å². The first kappa shape index (κ1) is 22.9. The molecule has 0 radical (unpaired) electrons. The quantitative estimate of drug-likeness (QED) is 0.548. The van der Waals surface area contributed by atoms with Crippen molar-refractivity contribution < 1.29 is 18.8 Å². The van der Waals surface area contributed by atoms with Crippen molar-refractivity contribution in [1.82, 2.24) is 15.4 Å². The number of aryl methyl sites for hydroxylation is 2. The van der Waals surface area contributed by atoms with Crippen LogP contribution in [0.15, 0.2) is 53.1 Å². The van der Waals surface area contributed by atoms with E-state index in [0.717, 1.165) is 36.5 Å². The number of rotatable bonds is 8. The fraction of sp³-hybridized carbons (Fsp3) is 0.385. The molecule has 174 valence electrons. The first-order chi connectivity index (χ1) is 16.0. The van der Waals surface area contributed by atoms with Crippen molar-refractivity contribution in [2.24, 2.45) is 0 Å². The molecule has 1 aliphatic rings. The molecule has 0 spiro atoms. The zero-order valence-corrected chi connectivity index (χ0v) is 19.6. The van der Waals surface area contributed by atoms with Crippen LogP contribution in [0.2, 0.25) is 0 Å². The smallest absolute Gasteiger partial charge is 0.251 e. The Balaban J connectivity index is 1.36. The van der Waals surface area contributed by atoms with Crippen LogP contribution in [0.3, 0.4) is 0 Å². The molecule has 2 unspecified atom stereocenters. The molecule has 1 fully saturated rings. The van der Waals surface area contributed by atoms with E-state index in [4.69, 9.17) is 14.0 Å². The lowest BCUT2D eigenvalue weighted by atomic mass is 10.1. The first-order valence-corrected chi connectivity index (χ1v) is 11.3. The van der Waals surface area contributed by atoms with Gasteiger partial charge in [0, 0.05) is 30.7 Å². The fourth-order valence-corrected chi connectivity index (χ4v) is 4.25. The second-order valence-corrected chi connectivity index (χ2v) is 8.50. The van der Waals surface area contributed by atoms with Crippen LogP contribution >= 0.6 is 0 Å². The summed E-state index contributed by atoms with van der Waals surface area (Å²) in [5, 5.41) is 7.12. The van der Waals surface area contributed by atoms with Gasteiger partial charge in [0.25, 0.3) is 5.91 Å². The number of amides is 1. The minimum absolute atomic E-state index is 0.107. The lowest BCUT2D eigenvalue weighted by Crippen LogP contribution is -2.37. The average molecular weight is 450 g/mol. The van der Waals surface area contributed by atoms with E-state index in [2.05, 4.69) is 46.6 Å². The number of likely N-dealkylation sites (tertiary alicyclic amines) is 1. The van der Waals surface area contributed by atoms with Crippen LogP contribution in [-0.4, -0.2) is 42.2 Å². The highest BCUT2D eigenvalue weighted by molar-refractivity contribution is 5.95. The molecule has 33 heavy (non-hydrogen) atoms. The molecule has 2 aromatic carbocycles. The highest BCUT2D eigenvalue weighted by Gasteiger charge is 2.28. The number of carbonyl (C=O) groups is 1. The highest BCUT2D eigenvalue weighted by atomic mass is 16.5. The molecule has 1 amide bonds. The third-order valence-electron chi connectivity index (χ3n) is 6.36. The number of carbonyl (C=O) groups excluding carboxylic acids is 1. The van der Waals surface area contributed by atoms with E-state index in [1.54, 1.807) is 25.3 Å². The molecule has 1 aromatic heterocycles. The van der Waals surface area contributed by atoms with Crippen molar-refractivity contribution in [3.63, 3.8) is 0 Å². The van der Waals surface area contributed by atoms with E-state index in [1.165, 1.54) is 5.56 Å².